The fourth-order valence-corrected chi connectivity index (χ4v) is 5.85. The van der Waals surface area contributed by atoms with Crippen LogP contribution in [0.25, 0.3) is 71.6 Å². The Kier molecular flexibility index (Phi) is 3.59. The molecule has 0 radical (unpaired) electrons. The van der Waals surface area contributed by atoms with Crippen molar-refractivity contribution in [3.63, 3.8) is 0 Å². The normalized spacial score (nSPS) is 12.1. The molecule has 0 amide bonds. The van der Waals surface area contributed by atoms with Crippen LogP contribution in [0.2, 0.25) is 0 Å². The van der Waals surface area contributed by atoms with Gasteiger partial charge in [0.05, 0.1) is 27.6 Å². The molecular formula is C32H21N3. The average Bonchev–Trinajstić information content (AvgIpc) is 3.55. The van der Waals surface area contributed by atoms with E-state index in [0.29, 0.717) is 0 Å². The van der Waals surface area contributed by atoms with E-state index in [2.05, 4.69) is 119 Å². The predicted octanol–water partition coefficient (Wildman–Crippen LogP) is 8.06. The first-order chi connectivity index (χ1) is 17.3. The quantitative estimate of drug-likeness (QED) is 0.263. The van der Waals surface area contributed by atoms with Crippen molar-refractivity contribution in [1.29, 1.82) is 0 Å². The number of para-hydroxylation sites is 4. The Morgan fingerprint density at radius 3 is 2.06 bits per heavy atom. The van der Waals surface area contributed by atoms with E-state index in [1.165, 1.54) is 49.2 Å². The van der Waals surface area contributed by atoms with Gasteiger partial charge in [0, 0.05) is 34.2 Å². The minimum Gasteiger partial charge on any atom is -0.327 e. The van der Waals surface area contributed by atoms with Crippen molar-refractivity contribution >= 4 is 49.1 Å². The smallest absolute Gasteiger partial charge is 0.140 e. The summed E-state index contributed by atoms with van der Waals surface area (Å²) in [6.07, 6.45) is 0. The minimum absolute atomic E-state index is 0.987. The molecule has 35 heavy (non-hydrogen) atoms. The van der Waals surface area contributed by atoms with E-state index < -0.39 is 0 Å². The molecule has 8 rings (SSSR count). The summed E-state index contributed by atoms with van der Waals surface area (Å²) in [4.78, 5) is 4.91. The predicted molar refractivity (Wildman–Crippen MR) is 146 cm³/mol. The van der Waals surface area contributed by atoms with Crippen LogP contribution in [-0.4, -0.2) is 14.0 Å². The molecule has 0 saturated heterocycles. The number of nitrogens with zero attached hydrogens (tertiary/aromatic N) is 3. The van der Waals surface area contributed by atoms with Gasteiger partial charge in [0.1, 0.15) is 5.82 Å². The van der Waals surface area contributed by atoms with E-state index in [0.717, 1.165) is 22.4 Å². The fraction of sp³-hybridized carbons (Fsp3) is 0.0312. The van der Waals surface area contributed by atoms with Crippen molar-refractivity contribution in [2.24, 2.45) is 7.05 Å². The van der Waals surface area contributed by atoms with Gasteiger partial charge in [-0.05, 0) is 47.5 Å². The first kappa shape index (κ1) is 18.8. The zero-order valence-corrected chi connectivity index (χ0v) is 19.2. The van der Waals surface area contributed by atoms with Crippen molar-refractivity contribution in [3.05, 3.63) is 109 Å². The molecule has 0 aliphatic carbocycles. The summed E-state index contributed by atoms with van der Waals surface area (Å²) in [5.41, 5.74) is 9.55. The molecule has 0 atom stereocenters. The van der Waals surface area contributed by atoms with Gasteiger partial charge in [-0.25, -0.2) is 4.98 Å². The highest BCUT2D eigenvalue weighted by molar-refractivity contribution is 6.23. The van der Waals surface area contributed by atoms with Crippen LogP contribution in [0.3, 0.4) is 0 Å². The van der Waals surface area contributed by atoms with Gasteiger partial charge in [0.15, 0.2) is 0 Å². The van der Waals surface area contributed by atoms with Gasteiger partial charge < -0.3 is 8.97 Å². The van der Waals surface area contributed by atoms with Crippen molar-refractivity contribution < 1.29 is 0 Å². The second-order valence-corrected chi connectivity index (χ2v) is 9.35. The number of benzene rings is 5. The highest BCUT2D eigenvalue weighted by atomic mass is 15.1. The van der Waals surface area contributed by atoms with Gasteiger partial charge in [-0.15, -0.1) is 0 Å². The Bertz CT molecular complexity index is 2070. The third kappa shape index (κ3) is 2.47. The molecule has 0 fully saturated rings. The fourth-order valence-electron chi connectivity index (χ4n) is 5.85. The second kappa shape index (κ2) is 6.71. The lowest BCUT2D eigenvalue weighted by Crippen LogP contribution is -1.92. The molecule has 0 N–H and O–H groups in total. The average molecular weight is 448 g/mol. The van der Waals surface area contributed by atoms with Crippen LogP contribution in [-0.2, 0) is 7.05 Å². The lowest BCUT2D eigenvalue weighted by Gasteiger charge is -2.07. The van der Waals surface area contributed by atoms with Crippen LogP contribution < -0.4 is 0 Å². The number of aryl methyl sites for hydroxylation is 1. The summed E-state index contributed by atoms with van der Waals surface area (Å²) in [6, 6.07) is 39.3. The first-order valence-electron chi connectivity index (χ1n) is 12.0. The number of hydrogen-bond acceptors (Lipinski definition) is 1. The van der Waals surface area contributed by atoms with Crippen molar-refractivity contribution in [2.45, 2.75) is 0 Å². The van der Waals surface area contributed by atoms with Gasteiger partial charge in [-0.3, -0.25) is 0 Å². The van der Waals surface area contributed by atoms with Crippen molar-refractivity contribution in [2.75, 3.05) is 0 Å². The van der Waals surface area contributed by atoms with E-state index >= 15 is 0 Å². The van der Waals surface area contributed by atoms with E-state index in [1.54, 1.807) is 0 Å². The molecule has 0 spiro atoms. The zero-order valence-electron chi connectivity index (χ0n) is 19.2. The topological polar surface area (TPSA) is 22.2 Å². The van der Waals surface area contributed by atoms with Crippen LogP contribution in [0.4, 0.5) is 0 Å². The maximum atomic E-state index is 4.91. The maximum absolute atomic E-state index is 4.91. The van der Waals surface area contributed by atoms with Crippen molar-refractivity contribution in [1.82, 2.24) is 14.0 Å². The van der Waals surface area contributed by atoms with Crippen LogP contribution in [0.1, 0.15) is 0 Å². The van der Waals surface area contributed by atoms with Crippen LogP contribution >= 0.6 is 0 Å². The number of fused-ring (bicyclic) bond motifs is 7. The third-order valence-electron chi connectivity index (χ3n) is 7.46. The Balaban J connectivity index is 1.35. The third-order valence-corrected chi connectivity index (χ3v) is 7.46. The second-order valence-electron chi connectivity index (χ2n) is 9.35. The van der Waals surface area contributed by atoms with Crippen LogP contribution in [0.5, 0.6) is 0 Å². The lowest BCUT2D eigenvalue weighted by molar-refractivity contribution is 0.959. The molecule has 0 saturated carbocycles. The summed E-state index contributed by atoms with van der Waals surface area (Å²) in [5, 5.41) is 5.23. The van der Waals surface area contributed by atoms with E-state index in [1.807, 2.05) is 6.07 Å². The Labute approximate surface area is 201 Å². The summed E-state index contributed by atoms with van der Waals surface area (Å²) in [5.74, 6) is 0.987. The molecule has 3 aromatic heterocycles. The molecule has 0 aliphatic heterocycles. The number of imidazole rings is 1. The van der Waals surface area contributed by atoms with Crippen LogP contribution in [0, 0.1) is 0 Å². The summed E-state index contributed by atoms with van der Waals surface area (Å²) in [7, 11) is 2.09. The van der Waals surface area contributed by atoms with E-state index in [4.69, 9.17) is 4.98 Å². The Hall–Kier alpha value is -4.63. The molecule has 3 nitrogen and oxygen atoms in total. The van der Waals surface area contributed by atoms with Gasteiger partial charge in [-0.2, -0.15) is 0 Å². The molecule has 0 unspecified atom stereocenters. The summed E-state index contributed by atoms with van der Waals surface area (Å²) in [6.45, 7) is 0. The van der Waals surface area contributed by atoms with E-state index in [-0.39, 0.29) is 0 Å². The van der Waals surface area contributed by atoms with Crippen LogP contribution in [0.15, 0.2) is 109 Å². The molecule has 8 aromatic rings. The minimum atomic E-state index is 0.987. The highest BCUT2D eigenvalue weighted by Gasteiger charge is 2.17. The Morgan fingerprint density at radius 1 is 0.514 bits per heavy atom. The highest BCUT2D eigenvalue weighted by Crippen LogP contribution is 2.40. The number of aromatic nitrogens is 3. The van der Waals surface area contributed by atoms with E-state index in [9.17, 15) is 0 Å². The number of rotatable bonds is 2. The molecule has 3 heteroatoms. The lowest BCUT2D eigenvalue weighted by atomic mass is 10.00. The monoisotopic (exact) mass is 447 g/mol. The summed E-state index contributed by atoms with van der Waals surface area (Å²) < 4.78 is 4.60. The Morgan fingerprint density at radius 2 is 1.17 bits per heavy atom. The van der Waals surface area contributed by atoms with Gasteiger partial charge in [0.2, 0.25) is 0 Å². The standard InChI is InChI=1S/C32H21N3/c1-34-30-15-5-3-13-27(30)33-32(34)22-9-6-8-20(18-22)21-16-17-29-26(19-21)25-12-7-11-24-23-10-2-4-14-28(23)35(29)31(24)25/h2-19H,1H3. The molecule has 164 valence electrons. The molecule has 0 aliphatic rings. The molecule has 0 bridgehead atoms. The maximum Gasteiger partial charge on any atom is 0.140 e. The summed E-state index contributed by atoms with van der Waals surface area (Å²) >= 11 is 0. The first-order valence-corrected chi connectivity index (χ1v) is 12.0. The zero-order chi connectivity index (χ0) is 23.1. The van der Waals surface area contributed by atoms with Crippen molar-refractivity contribution in [3.8, 4) is 22.5 Å². The molecule has 5 aromatic carbocycles. The number of hydrogen-bond donors (Lipinski definition) is 0. The molecule has 3 heterocycles. The SMILES string of the molecule is Cn1c(-c2cccc(-c3ccc4c(c3)c3cccc5c6ccccc6n4c53)c2)nc2ccccc21. The van der Waals surface area contributed by atoms with Gasteiger partial charge in [0.25, 0.3) is 0 Å². The molecular weight excluding hydrogens is 426 g/mol. The van der Waals surface area contributed by atoms with Gasteiger partial charge in [-0.1, -0.05) is 72.8 Å². The van der Waals surface area contributed by atoms with Gasteiger partial charge >= 0.3 is 0 Å². The largest absolute Gasteiger partial charge is 0.327 e.